The average molecular weight is 326 g/mol. The molecule has 0 aliphatic rings. The maximum absolute atomic E-state index is 12.1. The van der Waals surface area contributed by atoms with Crippen LogP contribution in [0.3, 0.4) is 0 Å². The first-order valence-electron chi connectivity index (χ1n) is 5.64. The van der Waals surface area contributed by atoms with Gasteiger partial charge in [-0.15, -0.1) is 0 Å². The van der Waals surface area contributed by atoms with Crippen LogP contribution in [-0.4, -0.2) is 25.0 Å². The van der Waals surface area contributed by atoms with Gasteiger partial charge in [-0.1, -0.05) is 24.2 Å². The molecule has 1 atom stereocenters. The predicted octanol–water partition coefficient (Wildman–Crippen LogP) is 1.84. The second kappa shape index (κ2) is 6.20. The van der Waals surface area contributed by atoms with E-state index in [-0.39, 0.29) is 11.8 Å². The molecule has 1 aromatic rings. The number of nitrogens with two attached hydrogens (primary N) is 1. The highest BCUT2D eigenvalue weighted by atomic mass is 32.2. The van der Waals surface area contributed by atoms with Gasteiger partial charge in [-0.25, -0.2) is 0 Å². The van der Waals surface area contributed by atoms with E-state index in [1.807, 2.05) is 0 Å². The Morgan fingerprint density at radius 2 is 1.90 bits per heavy atom. The summed E-state index contributed by atoms with van der Waals surface area (Å²) >= 11 is 0. The quantitative estimate of drug-likeness (QED) is 0.215. The third-order valence-corrected chi connectivity index (χ3v) is 3.55. The van der Waals surface area contributed by atoms with Crippen molar-refractivity contribution < 1.29 is 31.0 Å². The second-order valence-electron chi connectivity index (χ2n) is 4.26. The Balaban J connectivity index is 2.80. The number of alkyl halides is 3. The summed E-state index contributed by atoms with van der Waals surface area (Å²) in [4.78, 5) is 0. The van der Waals surface area contributed by atoms with Gasteiger partial charge in [0.15, 0.2) is 0 Å². The van der Waals surface area contributed by atoms with Crippen LogP contribution in [0.5, 0.6) is 5.75 Å². The zero-order valence-electron chi connectivity index (χ0n) is 10.8. The van der Waals surface area contributed by atoms with Gasteiger partial charge in [0.2, 0.25) is 0 Å². The molecular formula is C11H13F3N2O4S. The lowest BCUT2D eigenvalue weighted by atomic mass is 10.0. The van der Waals surface area contributed by atoms with Crippen molar-refractivity contribution in [3.63, 3.8) is 0 Å². The highest BCUT2D eigenvalue weighted by Gasteiger charge is 2.48. The molecule has 1 rings (SSSR count). The highest BCUT2D eigenvalue weighted by Crippen LogP contribution is 2.27. The molecule has 0 saturated carbocycles. The number of hydrogen-bond donors (Lipinski definition) is 2. The maximum Gasteiger partial charge on any atom is 0.534 e. The standard InChI is InChI=1S/C11H13F3N2O4S/c1-7(10(15)16-17)6-8-2-4-9(5-3-8)20-21(18,19)11(12,13)14/h2-5,7,17H,6H2,1H3,(H2,15,16)/t7-/m0/s1. The molecule has 0 unspecified atom stereocenters. The molecule has 0 fully saturated rings. The molecule has 0 spiro atoms. The maximum atomic E-state index is 12.1. The number of rotatable bonds is 5. The molecule has 3 N–H and O–H groups in total. The molecule has 0 aliphatic heterocycles. The molecule has 0 aliphatic carbocycles. The second-order valence-corrected chi connectivity index (χ2v) is 5.80. The molecule has 0 radical (unpaired) electrons. The fraction of sp³-hybridized carbons (Fsp3) is 0.364. The fourth-order valence-corrected chi connectivity index (χ4v) is 1.87. The first kappa shape index (κ1) is 17.1. The van der Waals surface area contributed by atoms with Crippen LogP contribution in [-0.2, 0) is 16.5 Å². The summed E-state index contributed by atoms with van der Waals surface area (Å²) in [6, 6.07) is 4.97. The SMILES string of the molecule is C[C@@H](Cc1ccc(OS(=O)(=O)C(F)(F)F)cc1)/C(N)=N/O. The van der Waals surface area contributed by atoms with Gasteiger partial charge >= 0.3 is 15.6 Å². The van der Waals surface area contributed by atoms with Gasteiger partial charge in [0.25, 0.3) is 0 Å². The van der Waals surface area contributed by atoms with E-state index in [1.165, 1.54) is 12.1 Å². The minimum absolute atomic E-state index is 0.00924. The van der Waals surface area contributed by atoms with Gasteiger partial charge in [-0.05, 0) is 24.1 Å². The van der Waals surface area contributed by atoms with E-state index in [2.05, 4.69) is 9.34 Å². The van der Waals surface area contributed by atoms with Crippen LogP contribution in [0.4, 0.5) is 13.2 Å². The van der Waals surface area contributed by atoms with Crippen molar-refractivity contribution in [2.45, 2.75) is 18.9 Å². The number of amidine groups is 1. The third-order valence-electron chi connectivity index (χ3n) is 2.58. The summed E-state index contributed by atoms with van der Waals surface area (Å²) in [6.07, 6.45) is 0.363. The van der Waals surface area contributed by atoms with Crippen LogP contribution < -0.4 is 9.92 Å². The molecule has 1 aromatic carbocycles. The number of oxime groups is 1. The van der Waals surface area contributed by atoms with E-state index in [4.69, 9.17) is 10.9 Å². The Hall–Kier alpha value is -1.97. The number of hydrogen-bond acceptors (Lipinski definition) is 5. The molecule has 21 heavy (non-hydrogen) atoms. The van der Waals surface area contributed by atoms with E-state index in [9.17, 15) is 21.6 Å². The largest absolute Gasteiger partial charge is 0.534 e. The minimum Gasteiger partial charge on any atom is -0.409 e. The third kappa shape index (κ3) is 4.52. The van der Waals surface area contributed by atoms with E-state index in [0.717, 1.165) is 12.1 Å². The lowest BCUT2D eigenvalue weighted by molar-refractivity contribution is -0.0500. The monoisotopic (exact) mass is 326 g/mol. The zero-order valence-corrected chi connectivity index (χ0v) is 11.6. The lowest BCUT2D eigenvalue weighted by Crippen LogP contribution is -2.28. The molecule has 0 amide bonds. The van der Waals surface area contributed by atoms with Gasteiger partial charge in [0.1, 0.15) is 11.6 Å². The van der Waals surface area contributed by atoms with Crippen LogP contribution in [0, 0.1) is 5.92 Å². The van der Waals surface area contributed by atoms with Crippen LogP contribution in [0.25, 0.3) is 0 Å². The van der Waals surface area contributed by atoms with Crippen molar-refractivity contribution >= 4 is 16.0 Å². The van der Waals surface area contributed by atoms with Gasteiger partial charge in [0.05, 0.1) is 0 Å². The number of benzene rings is 1. The van der Waals surface area contributed by atoms with Gasteiger partial charge in [-0.2, -0.15) is 21.6 Å². The van der Waals surface area contributed by atoms with Gasteiger partial charge < -0.3 is 15.1 Å². The first-order chi connectivity index (χ1) is 9.56. The van der Waals surface area contributed by atoms with Crippen LogP contribution in [0.2, 0.25) is 0 Å². The average Bonchev–Trinajstić information content (AvgIpc) is 2.38. The van der Waals surface area contributed by atoms with Crippen LogP contribution >= 0.6 is 0 Å². The minimum atomic E-state index is -5.68. The number of nitrogens with zero attached hydrogens (tertiary/aromatic N) is 1. The Morgan fingerprint density at radius 3 is 2.33 bits per heavy atom. The van der Waals surface area contributed by atoms with Crippen LogP contribution in [0.15, 0.2) is 29.4 Å². The lowest BCUT2D eigenvalue weighted by Gasteiger charge is -2.11. The topological polar surface area (TPSA) is 102 Å². The summed E-state index contributed by atoms with van der Waals surface area (Å²) < 4.78 is 62.0. The predicted molar refractivity (Wildman–Crippen MR) is 68.3 cm³/mol. The Bertz CT molecular complexity index is 611. The summed E-state index contributed by atoms with van der Waals surface area (Å²) in [5.41, 5.74) is 0.575. The molecule has 0 saturated heterocycles. The molecule has 0 bridgehead atoms. The van der Waals surface area contributed by atoms with Crippen molar-refractivity contribution in [3.05, 3.63) is 29.8 Å². The van der Waals surface area contributed by atoms with Gasteiger partial charge in [0, 0.05) is 5.92 Å². The number of halogens is 3. The molecule has 6 nitrogen and oxygen atoms in total. The Labute approximate surface area is 119 Å². The summed E-state index contributed by atoms with van der Waals surface area (Å²) in [7, 11) is -5.68. The van der Waals surface area contributed by atoms with Crippen molar-refractivity contribution in [3.8, 4) is 5.75 Å². The van der Waals surface area contributed by atoms with Crippen LogP contribution in [0.1, 0.15) is 12.5 Å². The summed E-state index contributed by atoms with van der Waals surface area (Å²) in [6.45, 7) is 1.69. The van der Waals surface area contributed by atoms with E-state index in [1.54, 1.807) is 6.92 Å². The van der Waals surface area contributed by atoms with E-state index in [0.29, 0.717) is 12.0 Å². The first-order valence-corrected chi connectivity index (χ1v) is 7.04. The van der Waals surface area contributed by atoms with Crippen molar-refractivity contribution in [1.29, 1.82) is 0 Å². The summed E-state index contributed by atoms with van der Waals surface area (Å²) in [5.74, 6) is -0.733. The summed E-state index contributed by atoms with van der Waals surface area (Å²) in [5, 5.41) is 11.3. The van der Waals surface area contributed by atoms with Crippen molar-refractivity contribution in [2.24, 2.45) is 16.8 Å². The van der Waals surface area contributed by atoms with E-state index >= 15 is 0 Å². The fourth-order valence-electron chi connectivity index (χ4n) is 1.41. The zero-order chi connectivity index (χ0) is 16.3. The molecule has 10 heteroatoms. The Kier molecular flexibility index (Phi) is 5.05. The molecule has 0 aromatic heterocycles. The highest BCUT2D eigenvalue weighted by molar-refractivity contribution is 7.87. The van der Waals surface area contributed by atoms with E-state index < -0.39 is 21.4 Å². The normalized spacial score (nSPS) is 14.8. The molecule has 0 heterocycles. The van der Waals surface area contributed by atoms with Crippen molar-refractivity contribution in [1.82, 2.24) is 0 Å². The molecular weight excluding hydrogens is 313 g/mol. The van der Waals surface area contributed by atoms with Gasteiger partial charge in [-0.3, -0.25) is 0 Å². The van der Waals surface area contributed by atoms with Crippen molar-refractivity contribution in [2.75, 3.05) is 0 Å². The smallest absolute Gasteiger partial charge is 0.409 e. The Morgan fingerprint density at radius 1 is 1.38 bits per heavy atom. The molecule has 118 valence electrons.